The van der Waals surface area contributed by atoms with Gasteiger partial charge in [-0.25, -0.2) is 4.98 Å². The maximum Gasteiger partial charge on any atom is 0.272 e. The summed E-state index contributed by atoms with van der Waals surface area (Å²) in [4.78, 5) is 22.8. The van der Waals surface area contributed by atoms with Gasteiger partial charge in [0.15, 0.2) is 11.5 Å². The van der Waals surface area contributed by atoms with Gasteiger partial charge in [0.1, 0.15) is 24.1 Å². The smallest absolute Gasteiger partial charge is 0.272 e. The van der Waals surface area contributed by atoms with Crippen LogP contribution in [-0.4, -0.2) is 86.8 Å². The Morgan fingerprint density at radius 2 is 1.48 bits per heavy atom. The molecule has 2 atom stereocenters. The number of hydrogen-bond donors (Lipinski definition) is 4. The monoisotopic (exact) mass is 682 g/mol. The number of aliphatic hydroxyl groups excluding tert-OH is 4. The SMILES string of the molecule is CCc1ccc(COc2ccc(C3CN(C(=O)c4cc(CCC(O)CO)ccn4)C3)cc2OC)cc1.N#Cc1cc(CCC(O)CO)ccn1. The number of rotatable bonds is 15. The van der Waals surface area contributed by atoms with E-state index in [9.17, 15) is 9.90 Å². The van der Waals surface area contributed by atoms with Crippen LogP contribution in [0.15, 0.2) is 79.1 Å². The number of hydrogen-bond acceptors (Lipinski definition) is 10. The first-order valence-corrected chi connectivity index (χ1v) is 16.8. The fourth-order valence-corrected chi connectivity index (χ4v) is 5.39. The number of carbonyl (C=O) groups is 1. The van der Waals surface area contributed by atoms with Gasteiger partial charge < -0.3 is 34.8 Å². The lowest BCUT2D eigenvalue weighted by Crippen LogP contribution is -2.48. The maximum atomic E-state index is 12.9. The number of pyridine rings is 2. The normalized spacial score (nSPS) is 13.7. The summed E-state index contributed by atoms with van der Waals surface area (Å²) in [6.07, 6.45) is 4.90. The highest BCUT2D eigenvalue weighted by atomic mass is 16.5. The highest BCUT2D eigenvalue weighted by molar-refractivity contribution is 5.93. The van der Waals surface area contributed by atoms with Crippen LogP contribution in [0.3, 0.4) is 0 Å². The van der Waals surface area contributed by atoms with E-state index in [4.69, 9.17) is 30.1 Å². The minimum Gasteiger partial charge on any atom is -0.493 e. The van der Waals surface area contributed by atoms with Crippen molar-refractivity contribution < 1.29 is 34.7 Å². The van der Waals surface area contributed by atoms with E-state index in [-0.39, 0.29) is 25.0 Å². The molecule has 1 aliphatic heterocycles. The third-order valence-corrected chi connectivity index (χ3v) is 8.59. The average molecular weight is 683 g/mol. The zero-order chi connectivity index (χ0) is 35.9. The van der Waals surface area contributed by atoms with Crippen molar-refractivity contribution in [2.45, 2.75) is 63.8 Å². The van der Waals surface area contributed by atoms with Crippen LogP contribution in [0.5, 0.6) is 11.5 Å². The van der Waals surface area contributed by atoms with Crippen LogP contribution in [0.25, 0.3) is 0 Å². The van der Waals surface area contributed by atoms with E-state index in [0.29, 0.717) is 68.3 Å². The lowest BCUT2D eigenvalue weighted by molar-refractivity contribution is 0.0595. The van der Waals surface area contributed by atoms with E-state index in [1.165, 1.54) is 5.56 Å². The van der Waals surface area contributed by atoms with Crippen LogP contribution < -0.4 is 9.47 Å². The van der Waals surface area contributed by atoms with E-state index < -0.39 is 12.2 Å². The van der Waals surface area contributed by atoms with Crippen LogP contribution in [0.2, 0.25) is 0 Å². The number of aryl methyl sites for hydroxylation is 3. The zero-order valence-electron chi connectivity index (χ0n) is 28.6. The number of benzene rings is 2. The van der Waals surface area contributed by atoms with Crippen molar-refractivity contribution >= 4 is 5.91 Å². The molecular weight excluding hydrogens is 636 g/mol. The highest BCUT2D eigenvalue weighted by Gasteiger charge is 2.33. The number of nitrogens with zero attached hydrogens (tertiary/aromatic N) is 4. The molecule has 0 bridgehead atoms. The molecular formula is C39H46N4O7. The minimum absolute atomic E-state index is 0.100. The summed E-state index contributed by atoms with van der Waals surface area (Å²) in [7, 11) is 1.64. The van der Waals surface area contributed by atoms with E-state index in [2.05, 4.69) is 41.2 Å². The molecule has 1 aliphatic rings. The van der Waals surface area contributed by atoms with Gasteiger partial charge in [-0.3, -0.25) is 9.78 Å². The number of amides is 1. The molecule has 11 nitrogen and oxygen atoms in total. The summed E-state index contributed by atoms with van der Waals surface area (Å²) < 4.78 is 11.6. The lowest BCUT2D eigenvalue weighted by atomic mass is 9.90. The van der Waals surface area contributed by atoms with Crippen molar-refractivity contribution in [3.63, 3.8) is 0 Å². The number of nitriles is 1. The van der Waals surface area contributed by atoms with Gasteiger partial charge in [0.2, 0.25) is 0 Å². The first kappa shape index (κ1) is 38.0. The number of methoxy groups -OCH3 is 1. The molecule has 0 saturated carbocycles. The van der Waals surface area contributed by atoms with Gasteiger partial charge in [0.25, 0.3) is 5.91 Å². The number of aromatic nitrogens is 2. The Kier molecular flexibility index (Phi) is 14.7. The molecule has 1 amide bonds. The molecule has 0 spiro atoms. The Hall–Kier alpha value is -4.86. The number of carbonyl (C=O) groups excluding carboxylic acids is 1. The quantitative estimate of drug-likeness (QED) is 0.144. The maximum absolute atomic E-state index is 12.9. The summed E-state index contributed by atoms with van der Waals surface area (Å²) >= 11 is 0. The molecule has 3 heterocycles. The van der Waals surface area contributed by atoms with Crippen LogP contribution in [-0.2, 0) is 25.9 Å². The van der Waals surface area contributed by atoms with Crippen molar-refractivity contribution in [3.8, 4) is 17.6 Å². The molecule has 11 heteroatoms. The summed E-state index contributed by atoms with van der Waals surface area (Å²) in [5.41, 5.74) is 6.15. The Balaban J connectivity index is 0.000000337. The number of aliphatic hydroxyl groups is 4. The fraction of sp³-hybridized carbons (Fsp3) is 0.385. The molecule has 5 rings (SSSR count). The Morgan fingerprint density at radius 1 is 0.860 bits per heavy atom. The molecule has 50 heavy (non-hydrogen) atoms. The Bertz CT molecular complexity index is 1700. The Morgan fingerprint density at radius 3 is 2.08 bits per heavy atom. The topological polar surface area (TPSA) is 169 Å². The van der Waals surface area contributed by atoms with Crippen molar-refractivity contribution in [1.29, 1.82) is 5.26 Å². The summed E-state index contributed by atoms with van der Waals surface area (Å²) in [6.45, 7) is 3.34. The summed E-state index contributed by atoms with van der Waals surface area (Å²) in [5, 5.41) is 44.9. The van der Waals surface area contributed by atoms with E-state index in [0.717, 1.165) is 28.7 Å². The molecule has 4 aromatic rings. The standard InChI is InChI=1S/C29H34N2O5.C10H12N2O2/c1-3-20-4-6-22(7-5-20)19-36-27-11-9-23(15-28(27)35-2)24-16-31(17-24)29(34)26-14-21(12-13-30-26)8-10-25(33)18-32;11-6-9-5-8(3-4-12-9)1-2-10(14)7-13/h4-7,9,11-15,24-25,32-33H,3,8,10,16-19H2,1-2H3;3-5,10,13-14H,1-2,7H2. The third kappa shape index (κ3) is 11.1. The van der Waals surface area contributed by atoms with Crippen LogP contribution in [0.4, 0.5) is 0 Å². The van der Waals surface area contributed by atoms with Gasteiger partial charge in [-0.1, -0.05) is 37.3 Å². The zero-order valence-corrected chi connectivity index (χ0v) is 28.6. The van der Waals surface area contributed by atoms with Crippen molar-refractivity contribution in [1.82, 2.24) is 14.9 Å². The van der Waals surface area contributed by atoms with E-state index in [1.807, 2.05) is 30.3 Å². The second-order valence-corrected chi connectivity index (χ2v) is 12.2. The molecule has 1 fully saturated rings. The van der Waals surface area contributed by atoms with Gasteiger partial charge in [-0.15, -0.1) is 0 Å². The molecule has 2 unspecified atom stereocenters. The highest BCUT2D eigenvalue weighted by Crippen LogP contribution is 2.35. The fourth-order valence-electron chi connectivity index (χ4n) is 5.39. The molecule has 1 saturated heterocycles. The van der Waals surface area contributed by atoms with Crippen LogP contribution in [0, 0.1) is 11.3 Å². The number of ether oxygens (including phenoxy) is 2. The van der Waals surface area contributed by atoms with E-state index >= 15 is 0 Å². The van der Waals surface area contributed by atoms with Crippen molar-refractivity contribution in [3.05, 3.63) is 118 Å². The van der Waals surface area contributed by atoms with Crippen molar-refractivity contribution in [2.75, 3.05) is 33.4 Å². The van der Waals surface area contributed by atoms with Gasteiger partial charge in [0, 0.05) is 31.4 Å². The largest absolute Gasteiger partial charge is 0.493 e. The molecule has 264 valence electrons. The minimum atomic E-state index is -0.755. The molecule has 0 aliphatic carbocycles. The van der Waals surface area contributed by atoms with Crippen LogP contribution >= 0.6 is 0 Å². The molecule has 4 N–H and O–H groups in total. The summed E-state index contributed by atoms with van der Waals surface area (Å²) in [6, 6.07) is 23.4. The van der Waals surface area contributed by atoms with Crippen molar-refractivity contribution in [2.24, 2.45) is 0 Å². The predicted octanol–water partition coefficient (Wildman–Crippen LogP) is 4.00. The van der Waals surface area contributed by atoms with Gasteiger partial charge >= 0.3 is 0 Å². The van der Waals surface area contributed by atoms with Gasteiger partial charge in [0.05, 0.1) is 32.5 Å². The second kappa shape index (κ2) is 19.4. The summed E-state index contributed by atoms with van der Waals surface area (Å²) in [5.74, 6) is 1.50. The third-order valence-electron chi connectivity index (χ3n) is 8.59. The molecule has 0 radical (unpaired) electrons. The van der Waals surface area contributed by atoms with Gasteiger partial charge in [-0.2, -0.15) is 5.26 Å². The molecule has 2 aromatic carbocycles. The van der Waals surface area contributed by atoms with Gasteiger partial charge in [-0.05, 0) is 96.3 Å². The number of likely N-dealkylation sites (tertiary alicyclic amines) is 1. The van der Waals surface area contributed by atoms with Crippen LogP contribution in [0.1, 0.15) is 69.7 Å². The Labute approximate surface area is 293 Å². The first-order chi connectivity index (χ1) is 24.3. The first-order valence-electron chi connectivity index (χ1n) is 16.8. The average Bonchev–Trinajstić information content (AvgIpc) is 3.15. The second-order valence-electron chi connectivity index (χ2n) is 12.2. The lowest BCUT2D eigenvalue weighted by Gasteiger charge is -2.39. The predicted molar refractivity (Wildman–Crippen MR) is 188 cm³/mol. The van der Waals surface area contributed by atoms with E-state index in [1.54, 1.807) is 42.6 Å². The molecule has 2 aromatic heterocycles.